The molecule has 3 aromatic heterocycles. The summed E-state index contributed by atoms with van der Waals surface area (Å²) >= 11 is 0. The molecule has 11 nitrogen and oxygen atoms in total. The van der Waals surface area contributed by atoms with Crippen molar-refractivity contribution in [1.82, 2.24) is 20.3 Å². The van der Waals surface area contributed by atoms with Crippen LogP contribution < -0.4 is 14.8 Å². The number of carboxylic acid groups (broad SMARTS) is 1. The molecule has 2 aliphatic rings. The summed E-state index contributed by atoms with van der Waals surface area (Å²) in [5, 5.41) is 12.8. The molecule has 7 rings (SSSR count). The van der Waals surface area contributed by atoms with E-state index in [1.54, 1.807) is 6.07 Å². The van der Waals surface area contributed by atoms with E-state index in [4.69, 9.17) is 9.15 Å². The zero-order valence-corrected chi connectivity index (χ0v) is 31.0. The van der Waals surface area contributed by atoms with Gasteiger partial charge in [-0.2, -0.15) is 4.98 Å². The Bertz CT molecular complexity index is 2250. The number of pyridine rings is 1. The Morgan fingerprint density at radius 2 is 1.71 bits per heavy atom. The number of furan rings is 1. The summed E-state index contributed by atoms with van der Waals surface area (Å²) in [4.78, 5) is 24.8. The summed E-state index contributed by atoms with van der Waals surface area (Å²) in [5.41, 5.74) is 4.39. The van der Waals surface area contributed by atoms with Crippen molar-refractivity contribution in [3.8, 4) is 17.1 Å². The molecule has 0 amide bonds. The number of ether oxygens (including phenoxy) is 1. The predicted molar refractivity (Wildman–Crippen MR) is 197 cm³/mol. The Kier molecular flexibility index (Phi) is 10.1. The third-order valence-electron chi connectivity index (χ3n) is 10.0. The Hall–Kier alpha value is -4.59. The molecule has 3 N–H and O–H groups in total. The number of halogens is 2. The van der Waals surface area contributed by atoms with Crippen molar-refractivity contribution in [2.24, 2.45) is 5.41 Å². The van der Waals surface area contributed by atoms with E-state index >= 15 is 4.39 Å². The lowest BCUT2D eigenvalue weighted by Gasteiger charge is -2.22. The molecule has 2 aliphatic carbocycles. The number of nitrogens with zero attached hydrogens (tertiary/aromatic N) is 3. The number of carbonyl (C=O) groups is 1. The molecule has 52 heavy (non-hydrogen) atoms. The first kappa shape index (κ1) is 37.2. The second-order valence-electron chi connectivity index (χ2n) is 14.5. The van der Waals surface area contributed by atoms with E-state index in [2.05, 4.69) is 38.8 Å². The Morgan fingerprint density at radius 3 is 2.38 bits per heavy atom. The van der Waals surface area contributed by atoms with Crippen molar-refractivity contribution in [2.45, 2.75) is 82.7 Å². The highest BCUT2D eigenvalue weighted by Crippen LogP contribution is 2.49. The van der Waals surface area contributed by atoms with Crippen LogP contribution in [0.25, 0.3) is 22.4 Å². The van der Waals surface area contributed by atoms with E-state index in [9.17, 15) is 18.3 Å². The van der Waals surface area contributed by atoms with E-state index in [0.717, 1.165) is 60.6 Å². The molecule has 0 aliphatic heterocycles. The summed E-state index contributed by atoms with van der Waals surface area (Å²) in [5.74, 6) is -0.963. The van der Waals surface area contributed by atoms with Crippen LogP contribution in [0.5, 0.6) is 5.88 Å². The molecule has 3 heterocycles. The Balaban J connectivity index is 0.00000464. The highest BCUT2D eigenvalue weighted by Gasteiger charge is 2.42. The normalized spacial score (nSPS) is 16.2. The third-order valence-corrected chi connectivity index (χ3v) is 11.3. The number of anilines is 1. The van der Waals surface area contributed by atoms with Crippen molar-refractivity contribution >= 4 is 45.4 Å². The number of fused-ring (bicyclic) bond motifs is 1. The first-order chi connectivity index (χ1) is 24.2. The fourth-order valence-corrected chi connectivity index (χ4v) is 7.32. The molecular formula is C38H41ClFN5O6S. The molecular weight excluding hydrogens is 709 g/mol. The number of rotatable bonds is 14. The van der Waals surface area contributed by atoms with Crippen LogP contribution in [0.4, 0.5) is 10.3 Å². The minimum Gasteiger partial charge on any atom is -0.478 e. The maximum atomic E-state index is 15.2. The van der Waals surface area contributed by atoms with Crippen LogP contribution >= 0.6 is 12.4 Å². The summed E-state index contributed by atoms with van der Waals surface area (Å²) in [6.07, 6.45) is 4.98. The number of aryl methyl sites for hydroxylation is 2. The highest BCUT2D eigenvalue weighted by molar-refractivity contribution is 7.92. The molecule has 2 fully saturated rings. The topological polar surface area (TPSA) is 157 Å². The first-order valence-corrected chi connectivity index (χ1v) is 18.5. The number of hydrogen-bond acceptors (Lipinski definition) is 9. The van der Waals surface area contributed by atoms with Crippen LogP contribution in [0.1, 0.15) is 78.9 Å². The van der Waals surface area contributed by atoms with Crippen LogP contribution in [0, 0.1) is 25.1 Å². The van der Waals surface area contributed by atoms with E-state index in [1.807, 2.05) is 38.1 Å². The molecule has 2 aromatic carbocycles. The fourth-order valence-electron chi connectivity index (χ4n) is 6.33. The molecule has 1 atom stereocenters. The standard InChI is InChI=1S/C38H40FN5O6S.ClH/c1-22-7-5-8-23(2)34(22)29-18-33(43-36(42-29)44-51(47,48)26-10-6-9-24(15-26)35(45)46)49-21-25(19-37(3)11-12-37)40-20-30-27(39)16-31-28(41-30)17-32(50-31)38(4)13-14-38;/h5-10,15-18,25,40H,11-14,19-21H2,1-4H3,(H,45,46)(H,42,43,44);1H/t25-;/m1./s1. The summed E-state index contributed by atoms with van der Waals surface area (Å²) in [7, 11) is -4.27. The van der Waals surface area contributed by atoms with Crippen molar-refractivity contribution in [3.05, 3.63) is 94.6 Å². The number of sulfonamides is 1. The van der Waals surface area contributed by atoms with Crippen molar-refractivity contribution in [2.75, 3.05) is 11.3 Å². The molecule has 0 saturated heterocycles. The van der Waals surface area contributed by atoms with E-state index in [0.29, 0.717) is 16.8 Å². The zero-order valence-electron chi connectivity index (χ0n) is 29.3. The molecule has 0 spiro atoms. The maximum absolute atomic E-state index is 15.2. The average molecular weight is 750 g/mol. The van der Waals surface area contributed by atoms with Gasteiger partial charge in [0.2, 0.25) is 11.8 Å². The van der Waals surface area contributed by atoms with Gasteiger partial charge in [0.15, 0.2) is 5.58 Å². The van der Waals surface area contributed by atoms with Gasteiger partial charge in [-0.25, -0.2) is 32.3 Å². The molecule has 14 heteroatoms. The van der Waals surface area contributed by atoms with Crippen LogP contribution in [-0.4, -0.2) is 47.1 Å². The van der Waals surface area contributed by atoms with Gasteiger partial charge in [-0.05, 0) is 80.7 Å². The quantitative estimate of drug-likeness (QED) is 0.103. The molecule has 0 unspecified atom stereocenters. The molecule has 0 radical (unpaired) electrons. The first-order valence-electron chi connectivity index (χ1n) is 17.0. The van der Waals surface area contributed by atoms with Gasteiger partial charge in [-0.15, -0.1) is 12.4 Å². The number of hydrogen-bond donors (Lipinski definition) is 3. The second-order valence-corrected chi connectivity index (χ2v) is 16.2. The fraction of sp³-hybridized carbons (Fsp3) is 0.368. The SMILES string of the molecule is Cc1cccc(C)c1-c1cc(OC[C@@H](CC2(C)CC2)NCc2nc3cc(C4(C)CC4)oc3cc2F)nc(NS(=O)(=O)c2cccc(C(=O)O)c2)n1.Cl. The summed E-state index contributed by atoms with van der Waals surface area (Å²) in [6.45, 7) is 8.53. The highest BCUT2D eigenvalue weighted by atomic mass is 35.5. The second kappa shape index (κ2) is 14.1. The van der Waals surface area contributed by atoms with Crippen molar-refractivity contribution < 1.29 is 31.9 Å². The van der Waals surface area contributed by atoms with Crippen LogP contribution in [0.2, 0.25) is 0 Å². The Labute approximate surface area is 307 Å². The number of nitrogens with one attached hydrogen (secondary N) is 2. The largest absolute Gasteiger partial charge is 0.478 e. The number of benzene rings is 2. The molecule has 2 saturated carbocycles. The molecule has 5 aromatic rings. The van der Waals surface area contributed by atoms with Gasteiger partial charge in [0.25, 0.3) is 10.0 Å². The van der Waals surface area contributed by atoms with Crippen molar-refractivity contribution in [3.63, 3.8) is 0 Å². The van der Waals surface area contributed by atoms with Gasteiger partial charge in [-0.1, -0.05) is 38.1 Å². The van der Waals surface area contributed by atoms with Gasteiger partial charge in [-0.3, -0.25) is 0 Å². The number of aromatic nitrogens is 3. The molecule has 0 bridgehead atoms. The van der Waals surface area contributed by atoms with Gasteiger partial charge in [0.1, 0.15) is 23.7 Å². The number of carboxylic acids is 1. The zero-order chi connectivity index (χ0) is 36.1. The Morgan fingerprint density at radius 1 is 1.00 bits per heavy atom. The van der Waals surface area contributed by atoms with E-state index < -0.39 is 21.8 Å². The van der Waals surface area contributed by atoms with Gasteiger partial charge in [0, 0.05) is 41.8 Å². The summed E-state index contributed by atoms with van der Waals surface area (Å²) < 4.78 is 56.7. The lowest BCUT2D eigenvalue weighted by atomic mass is 9.99. The van der Waals surface area contributed by atoms with Crippen LogP contribution in [-0.2, 0) is 22.0 Å². The van der Waals surface area contributed by atoms with Gasteiger partial charge >= 0.3 is 5.97 Å². The van der Waals surface area contributed by atoms with Gasteiger partial charge < -0.3 is 19.6 Å². The minimum absolute atomic E-state index is 0. The summed E-state index contributed by atoms with van der Waals surface area (Å²) in [6, 6.07) is 15.6. The van der Waals surface area contributed by atoms with Crippen LogP contribution in [0.15, 0.2) is 70.0 Å². The van der Waals surface area contributed by atoms with Crippen molar-refractivity contribution in [1.29, 1.82) is 0 Å². The predicted octanol–water partition coefficient (Wildman–Crippen LogP) is 7.74. The average Bonchev–Trinajstić information content (AvgIpc) is 3.97. The lowest BCUT2D eigenvalue weighted by Crippen LogP contribution is -2.36. The minimum atomic E-state index is -4.27. The van der Waals surface area contributed by atoms with E-state index in [1.165, 1.54) is 24.3 Å². The maximum Gasteiger partial charge on any atom is 0.335 e. The lowest BCUT2D eigenvalue weighted by molar-refractivity contribution is 0.0696. The monoisotopic (exact) mass is 749 g/mol. The van der Waals surface area contributed by atoms with Crippen LogP contribution in [0.3, 0.4) is 0 Å². The van der Waals surface area contributed by atoms with Gasteiger partial charge in [0.05, 0.1) is 21.8 Å². The smallest absolute Gasteiger partial charge is 0.335 e. The third kappa shape index (κ3) is 8.06. The van der Waals surface area contributed by atoms with E-state index in [-0.39, 0.29) is 70.4 Å². The molecule has 274 valence electrons. The number of aromatic carboxylic acids is 1.